The Kier molecular flexibility index (Phi) is 8.92. The number of nitrogens with zero attached hydrogens (tertiary/aromatic N) is 2. The molecule has 0 fully saturated rings. The molecule has 0 unspecified atom stereocenters. The minimum absolute atomic E-state index is 1.16. The summed E-state index contributed by atoms with van der Waals surface area (Å²) in [4.78, 5) is 4.94. The summed E-state index contributed by atoms with van der Waals surface area (Å²) < 4.78 is 0. The fourth-order valence-electron chi connectivity index (χ4n) is 12.3. The van der Waals surface area contributed by atoms with Crippen molar-refractivity contribution in [1.29, 1.82) is 0 Å². The number of rotatable bonds is 6. The first-order valence-electron chi connectivity index (χ1n) is 24.7. The van der Waals surface area contributed by atoms with E-state index >= 15 is 0 Å². The molecule has 0 N–H and O–H groups in total. The first-order valence-corrected chi connectivity index (χ1v) is 30.7. The first kappa shape index (κ1) is 41.0. The van der Waals surface area contributed by atoms with Gasteiger partial charge >= 0.3 is 0 Å². The summed E-state index contributed by atoms with van der Waals surface area (Å²) in [7, 11) is -4.51. The summed E-state index contributed by atoms with van der Waals surface area (Å²) in [6.07, 6.45) is 0. The smallest absolute Gasteiger partial charge is 0.113 e. The Bertz CT molecular complexity index is 3740. The molecular weight excluding hydrogens is 877 g/mol. The van der Waals surface area contributed by atoms with E-state index in [4.69, 9.17) is 0 Å². The maximum atomic E-state index is 2.58. The number of anilines is 6. The molecule has 2 nitrogen and oxygen atoms in total. The monoisotopic (exact) mass is 926 g/mol. The molecule has 2 aliphatic heterocycles. The van der Waals surface area contributed by atoms with Crippen molar-refractivity contribution in [2.45, 2.75) is 26.2 Å². The standard InChI is InChI=1S/C66H50N2Si2/c1-69(2)61-35-36-62-66-60(58-32-30-56(42-64(58)70(62,3)4)68(53-27-23-45-15-7-11-19-49(45)39-53)54-28-24-46-16-8-12-20-50(46)40-54)34-33-59(65(61)66)57-31-29-55(41-63(57)69)67(51-25-21-43-13-5-9-17-47(43)37-51)52-26-22-44-14-6-10-18-48(44)38-52/h5-42H,1-4H3. The second kappa shape index (κ2) is 15.2. The number of fused-ring (bicyclic) bond motifs is 8. The molecule has 0 saturated heterocycles. The predicted molar refractivity (Wildman–Crippen MR) is 308 cm³/mol. The topological polar surface area (TPSA) is 6.48 Å². The molecule has 0 aliphatic carbocycles. The van der Waals surface area contributed by atoms with Crippen LogP contribution >= 0.6 is 0 Å². The highest BCUT2D eigenvalue weighted by atomic mass is 28.3. The SMILES string of the molecule is C[Si]1(C)c2cc(N(c3ccc4ccccc4c3)c3ccc4ccccc4c3)ccc2-c2ccc3c4c(ccc1c24)[Si](C)(C)c1cc(N(c2ccc4ccccc4c2)c2ccc4ccccc4c2)ccc1-3. The summed E-state index contributed by atoms with van der Waals surface area (Å²) in [6, 6.07) is 87.1. The quantitative estimate of drug-likeness (QED) is 0.153. The summed E-state index contributed by atoms with van der Waals surface area (Å²) in [5.41, 5.74) is 12.5. The zero-order valence-corrected chi connectivity index (χ0v) is 41.8. The normalized spacial score (nSPS) is 13.9. The van der Waals surface area contributed by atoms with E-state index in [0.29, 0.717) is 0 Å². The van der Waals surface area contributed by atoms with Gasteiger partial charge in [0, 0.05) is 34.1 Å². The summed E-state index contributed by atoms with van der Waals surface area (Å²) in [5, 5.41) is 19.0. The minimum atomic E-state index is -2.26. The van der Waals surface area contributed by atoms with Crippen LogP contribution < -0.4 is 30.5 Å². The lowest BCUT2D eigenvalue weighted by atomic mass is 9.90. The molecule has 0 radical (unpaired) electrons. The van der Waals surface area contributed by atoms with Gasteiger partial charge in [-0.1, -0.05) is 184 Å². The fraction of sp³-hybridized carbons (Fsp3) is 0.0606. The van der Waals surface area contributed by atoms with Gasteiger partial charge in [0.2, 0.25) is 0 Å². The Labute approximate surface area is 411 Å². The Hall–Kier alpha value is -8.03. The lowest BCUT2D eigenvalue weighted by Crippen LogP contribution is -2.59. The third kappa shape index (κ3) is 6.16. The van der Waals surface area contributed by atoms with Gasteiger partial charge in [0.05, 0.1) is 0 Å². The van der Waals surface area contributed by atoms with Gasteiger partial charge < -0.3 is 9.80 Å². The second-order valence-electron chi connectivity index (χ2n) is 20.6. The van der Waals surface area contributed by atoms with Gasteiger partial charge in [0.25, 0.3) is 0 Å². The van der Waals surface area contributed by atoms with Crippen LogP contribution in [-0.4, -0.2) is 16.1 Å². The van der Waals surface area contributed by atoms with Crippen LogP contribution in [0.15, 0.2) is 231 Å². The van der Waals surface area contributed by atoms with Crippen molar-refractivity contribution < 1.29 is 0 Å². The highest BCUT2D eigenvalue weighted by Gasteiger charge is 2.42. The Morgan fingerprint density at radius 3 is 0.800 bits per heavy atom. The van der Waals surface area contributed by atoms with E-state index in [1.165, 1.54) is 97.9 Å². The molecule has 2 heterocycles. The maximum Gasteiger partial charge on any atom is 0.113 e. The van der Waals surface area contributed by atoms with Crippen LogP contribution in [0.2, 0.25) is 26.2 Å². The largest absolute Gasteiger partial charge is 0.310 e. The van der Waals surface area contributed by atoms with Crippen molar-refractivity contribution >= 4 is 125 Å². The van der Waals surface area contributed by atoms with Crippen LogP contribution in [0.4, 0.5) is 34.1 Å². The van der Waals surface area contributed by atoms with Crippen LogP contribution in [0.25, 0.3) is 76.1 Å². The van der Waals surface area contributed by atoms with Crippen LogP contribution in [0.1, 0.15) is 0 Å². The molecule has 2 aliphatic rings. The second-order valence-corrected chi connectivity index (χ2v) is 29.2. The molecular formula is C66H50N2Si2. The highest BCUT2D eigenvalue weighted by molar-refractivity contribution is 7.05. The van der Waals surface area contributed by atoms with E-state index in [1.807, 2.05) is 0 Å². The Balaban J connectivity index is 0.921. The summed E-state index contributed by atoms with van der Waals surface area (Å²) in [6.45, 7) is 10.3. The van der Waals surface area contributed by atoms with Crippen molar-refractivity contribution in [3.8, 4) is 22.3 Å². The molecule has 14 rings (SSSR count). The molecule has 0 aromatic heterocycles. The van der Waals surface area contributed by atoms with Gasteiger partial charge in [-0.3, -0.25) is 0 Å². The molecule has 332 valence electrons. The van der Waals surface area contributed by atoms with Crippen molar-refractivity contribution in [1.82, 2.24) is 0 Å². The van der Waals surface area contributed by atoms with E-state index in [1.54, 1.807) is 10.4 Å². The zero-order chi connectivity index (χ0) is 46.9. The van der Waals surface area contributed by atoms with Gasteiger partial charge in [-0.2, -0.15) is 0 Å². The van der Waals surface area contributed by atoms with E-state index in [2.05, 4.69) is 267 Å². The van der Waals surface area contributed by atoms with Crippen molar-refractivity contribution in [2.75, 3.05) is 9.80 Å². The average Bonchev–Trinajstić information content (AvgIpc) is 3.40. The van der Waals surface area contributed by atoms with E-state index in [-0.39, 0.29) is 0 Å². The third-order valence-electron chi connectivity index (χ3n) is 15.9. The van der Waals surface area contributed by atoms with E-state index in [9.17, 15) is 0 Å². The molecule has 70 heavy (non-hydrogen) atoms. The first-order chi connectivity index (χ1) is 34.2. The van der Waals surface area contributed by atoms with Gasteiger partial charge in [0.15, 0.2) is 0 Å². The minimum Gasteiger partial charge on any atom is -0.310 e. The fourth-order valence-corrected chi connectivity index (χ4v) is 18.4. The summed E-state index contributed by atoms with van der Waals surface area (Å²) in [5.74, 6) is 0. The molecule has 12 aromatic rings. The highest BCUT2D eigenvalue weighted by Crippen LogP contribution is 2.45. The van der Waals surface area contributed by atoms with Crippen molar-refractivity contribution in [2.24, 2.45) is 0 Å². The predicted octanol–water partition coefficient (Wildman–Crippen LogP) is 16.0. The van der Waals surface area contributed by atoms with Gasteiger partial charge in [0.1, 0.15) is 16.1 Å². The molecule has 0 spiro atoms. The molecule has 0 atom stereocenters. The average molecular weight is 927 g/mol. The van der Waals surface area contributed by atoms with Crippen LogP contribution in [-0.2, 0) is 0 Å². The van der Waals surface area contributed by atoms with Crippen molar-refractivity contribution in [3.63, 3.8) is 0 Å². The molecule has 0 saturated carbocycles. The number of hydrogen-bond acceptors (Lipinski definition) is 2. The van der Waals surface area contributed by atoms with Crippen LogP contribution in [0.5, 0.6) is 0 Å². The van der Waals surface area contributed by atoms with Gasteiger partial charge in [-0.05, 0) is 170 Å². The zero-order valence-electron chi connectivity index (χ0n) is 39.8. The van der Waals surface area contributed by atoms with Crippen LogP contribution in [0, 0.1) is 0 Å². The van der Waals surface area contributed by atoms with E-state index < -0.39 is 16.1 Å². The Morgan fingerprint density at radius 1 is 0.229 bits per heavy atom. The molecule has 4 heteroatoms. The Morgan fingerprint density at radius 2 is 0.486 bits per heavy atom. The number of hydrogen-bond donors (Lipinski definition) is 0. The number of benzene rings is 12. The molecule has 0 amide bonds. The lowest BCUT2D eigenvalue weighted by molar-refractivity contribution is 1.30. The lowest BCUT2D eigenvalue weighted by Gasteiger charge is -2.40. The third-order valence-corrected chi connectivity index (χ3v) is 23.0. The van der Waals surface area contributed by atoms with Gasteiger partial charge in [-0.15, -0.1) is 0 Å². The van der Waals surface area contributed by atoms with E-state index in [0.717, 1.165) is 22.7 Å². The van der Waals surface area contributed by atoms with Crippen LogP contribution in [0.3, 0.4) is 0 Å². The maximum absolute atomic E-state index is 2.58. The van der Waals surface area contributed by atoms with Gasteiger partial charge in [-0.25, -0.2) is 0 Å². The van der Waals surface area contributed by atoms with Crippen molar-refractivity contribution in [3.05, 3.63) is 231 Å². The molecule has 12 aromatic carbocycles. The molecule has 0 bridgehead atoms. The summed E-state index contributed by atoms with van der Waals surface area (Å²) >= 11 is 0.